The van der Waals surface area contributed by atoms with E-state index in [0.717, 1.165) is 36.6 Å². The van der Waals surface area contributed by atoms with Crippen LogP contribution in [-0.4, -0.2) is 27.4 Å². The van der Waals surface area contributed by atoms with E-state index < -0.39 is 0 Å². The largest absolute Gasteiger partial charge is 0.497 e. The highest BCUT2D eigenvalue weighted by Gasteiger charge is 2.19. The molecule has 1 aromatic rings. The minimum atomic E-state index is -0.0744. The predicted octanol–water partition coefficient (Wildman–Crippen LogP) is 1.71. The summed E-state index contributed by atoms with van der Waals surface area (Å²) in [5.74, 6) is 1.58. The summed E-state index contributed by atoms with van der Waals surface area (Å²) >= 11 is 0. The molecule has 88 valence electrons. The third kappa shape index (κ3) is 2.28. The molecular formula is C12H17NO3. The van der Waals surface area contributed by atoms with Crippen molar-refractivity contribution in [3.8, 4) is 11.5 Å². The van der Waals surface area contributed by atoms with Gasteiger partial charge < -0.3 is 14.2 Å². The van der Waals surface area contributed by atoms with Crippen LogP contribution >= 0.6 is 0 Å². The van der Waals surface area contributed by atoms with E-state index >= 15 is 0 Å². The maximum atomic E-state index is 5.65. The third-order valence-electron chi connectivity index (χ3n) is 2.66. The molecule has 0 radical (unpaired) electrons. The Morgan fingerprint density at radius 1 is 1.31 bits per heavy atom. The average molecular weight is 223 g/mol. The Bertz CT molecular complexity index is 348. The summed E-state index contributed by atoms with van der Waals surface area (Å²) in [7, 11) is 3.30. The molecule has 1 heterocycles. The van der Waals surface area contributed by atoms with Gasteiger partial charge >= 0.3 is 0 Å². The van der Waals surface area contributed by atoms with Crippen molar-refractivity contribution in [3.63, 3.8) is 0 Å². The van der Waals surface area contributed by atoms with Gasteiger partial charge in [-0.3, -0.25) is 5.32 Å². The number of benzene rings is 1. The van der Waals surface area contributed by atoms with Gasteiger partial charge in [-0.1, -0.05) is 0 Å². The van der Waals surface area contributed by atoms with Crippen LogP contribution in [-0.2, 0) is 4.74 Å². The summed E-state index contributed by atoms with van der Waals surface area (Å²) < 4.78 is 16.1. The normalized spacial score (nSPS) is 20.5. The van der Waals surface area contributed by atoms with Crippen LogP contribution in [0.3, 0.4) is 0 Å². The van der Waals surface area contributed by atoms with Gasteiger partial charge in [-0.05, 0) is 18.6 Å². The minimum Gasteiger partial charge on any atom is -0.497 e. The molecule has 0 spiro atoms. The average Bonchev–Trinajstić information content (AvgIpc) is 2.39. The second kappa shape index (κ2) is 5.18. The standard InChI is InChI=1S/C12H17NO3/c1-14-9-4-5-10(11(8-9)15-2)12-13-6-3-7-16-12/h4-5,8,12-13H,3,6-7H2,1-2H3. The predicted molar refractivity (Wildman–Crippen MR) is 60.9 cm³/mol. The molecule has 1 unspecified atom stereocenters. The monoisotopic (exact) mass is 223 g/mol. The molecule has 4 nitrogen and oxygen atoms in total. The lowest BCUT2D eigenvalue weighted by Gasteiger charge is -2.25. The Morgan fingerprint density at radius 3 is 2.81 bits per heavy atom. The number of nitrogens with one attached hydrogen (secondary N) is 1. The fraction of sp³-hybridized carbons (Fsp3) is 0.500. The van der Waals surface area contributed by atoms with Gasteiger partial charge in [0.2, 0.25) is 0 Å². The molecule has 0 saturated carbocycles. The van der Waals surface area contributed by atoms with Gasteiger partial charge in [0.1, 0.15) is 17.7 Å². The third-order valence-corrected chi connectivity index (χ3v) is 2.66. The molecule has 1 aromatic carbocycles. The quantitative estimate of drug-likeness (QED) is 0.846. The van der Waals surface area contributed by atoms with Gasteiger partial charge in [0, 0.05) is 18.2 Å². The van der Waals surface area contributed by atoms with Crippen LogP contribution in [0, 0.1) is 0 Å². The molecule has 1 N–H and O–H groups in total. The molecule has 2 rings (SSSR count). The first-order valence-electron chi connectivity index (χ1n) is 5.42. The summed E-state index contributed by atoms with van der Waals surface area (Å²) in [5.41, 5.74) is 1.02. The van der Waals surface area contributed by atoms with Crippen molar-refractivity contribution in [1.29, 1.82) is 0 Å². The van der Waals surface area contributed by atoms with Gasteiger partial charge in [-0.2, -0.15) is 0 Å². The number of ether oxygens (including phenoxy) is 3. The lowest BCUT2D eigenvalue weighted by molar-refractivity contribution is -0.00165. The lowest BCUT2D eigenvalue weighted by Crippen LogP contribution is -2.31. The van der Waals surface area contributed by atoms with E-state index in [4.69, 9.17) is 14.2 Å². The zero-order valence-electron chi connectivity index (χ0n) is 9.66. The summed E-state index contributed by atoms with van der Waals surface area (Å²) in [5, 5.41) is 3.30. The maximum absolute atomic E-state index is 5.65. The molecule has 1 fully saturated rings. The highest BCUT2D eigenvalue weighted by Crippen LogP contribution is 2.30. The SMILES string of the molecule is COc1ccc(C2NCCCO2)c(OC)c1. The summed E-state index contributed by atoms with van der Waals surface area (Å²) in [6.45, 7) is 1.76. The molecule has 0 aromatic heterocycles. The van der Waals surface area contributed by atoms with E-state index in [1.807, 2.05) is 18.2 Å². The number of rotatable bonds is 3. The Kier molecular flexibility index (Phi) is 3.64. The van der Waals surface area contributed by atoms with Crippen molar-refractivity contribution in [1.82, 2.24) is 5.32 Å². The molecular weight excluding hydrogens is 206 g/mol. The molecule has 0 bridgehead atoms. The fourth-order valence-corrected chi connectivity index (χ4v) is 1.80. The molecule has 1 saturated heterocycles. The molecule has 1 atom stereocenters. The van der Waals surface area contributed by atoms with Crippen molar-refractivity contribution in [3.05, 3.63) is 23.8 Å². The van der Waals surface area contributed by atoms with Crippen LogP contribution in [0.1, 0.15) is 18.2 Å². The molecule has 16 heavy (non-hydrogen) atoms. The second-order valence-electron chi connectivity index (χ2n) is 3.67. The first-order valence-corrected chi connectivity index (χ1v) is 5.42. The first kappa shape index (κ1) is 11.2. The van der Waals surface area contributed by atoms with Crippen molar-refractivity contribution in [2.24, 2.45) is 0 Å². The van der Waals surface area contributed by atoms with Crippen molar-refractivity contribution < 1.29 is 14.2 Å². The Labute approximate surface area is 95.5 Å². The smallest absolute Gasteiger partial charge is 0.137 e. The molecule has 1 aliphatic rings. The Hall–Kier alpha value is -1.26. The Balaban J connectivity index is 2.24. The van der Waals surface area contributed by atoms with Gasteiger partial charge in [0.25, 0.3) is 0 Å². The Morgan fingerprint density at radius 2 is 2.19 bits per heavy atom. The summed E-state index contributed by atoms with van der Waals surface area (Å²) in [4.78, 5) is 0. The van der Waals surface area contributed by atoms with E-state index in [2.05, 4.69) is 5.32 Å². The fourth-order valence-electron chi connectivity index (χ4n) is 1.80. The molecule has 0 aliphatic carbocycles. The number of hydrogen-bond acceptors (Lipinski definition) is 4. The summed E-state index contributed by atoms with van der Waals surface area (Å²) in [6.07, 6.45) is 0.976. The van der Waals surface area contributed by atoms with Crippen molar-refractivity contribution in [2.75, 3.05) is 27.4 Å². The van der Waals surface area contributed by atoms with Gasteiger partial charge in [-0.25, -0.2) is 0 Å². The van der Waals surface area contributed by atoms with Crippen molar-refractivity contribution >= 4 is 0 Å². The van der Waals surface area contributed by atoms with E-state index in [1.165, 1.54) is 0 Å². The van der Waals surface area contributed by atoms with E-state index in [1.54, 1.807) is 14.2 Å². The van der Waals surface area contributed by atoms with Crippen molar-refractivity contribution in [2.45, 2.75) is 12.6 Å². The molecule has 4 heteroatoms. The van der Waals surface area contributed by atoms with Gasteiger partial charge in [0.15, 0.2) is 0 Å². The van der Waals surface area contributed by atoms with Crippen LogP contribution in [0.4, 0.5) is 0 Å². The maximum Gasteiger partial charge on any atom is 0.137 e. The zero-order chi connectivity index (χ0) is 11.4. The van der Waals surface area contributed by atoms with Crippen LogP contribution < -0.4 is 14.8 Å². The van der Waals surface area contributed by atoms with Gasteiger partial charge in [-0.15, -0.1) is 0 Å². The lowest BCUT2D eigenvalue weighted by atomic mass is 10.1. The molecule has 1 aliphatic heterocycles. The zero-order valence-corrected chi connectivity index (χ0v) is 9.66. The highest BCUT2D eigenvalue weighted by molar-refractivity contribution is 5.41. The van der Waals surface area contributed by atoms with E-state index in [9.17, 15) is 0 Å². The highest BCUT2D eigenvalue weighted by atomic mass is 16.5. The van der Waals surface area contributed by atoms with Crippen LogP contribution in [0.5, 0.6) is 11.5 Å². The first-order chi connectivity index (χ1) is 7.85. The van der Waals surface area contributed by atoms with Crippen LogP contribution in [0.2, 0.25) is 0 Å². The topological polar surface area (TPSA) is 39.7 Å². The van der Waals surface area contributed by atoms with E-state index in [-0.39, 0.29) is 6.23 Å². The molecule has 0 amide bonds. The minimum absolute atomic E-state index is 0.0744. The van der Waals surface area contributed by atoms with Crippen LogP contribution in [0.25, 0.3) is 0 Å². The van der Waals surface area contributed by atoms with E-state index in [0.29, 0.717) is 0 Å². The number of hydrogen-bond donors (Lipinski definition) is 1. The van der Waals surface area contributed by atoms with Gasteiger partial charge in [0.05, 0.1) is 20.8 Å². The number of methoxy groups -OCH3 is 2. The summed E-state index contributed by atoms with van der Waals surface area (Å²) in [6, 6.07) is 5.76. The second-order valence-corrected chi connectivity index (χ2v) is 3.67. The van der Waals surface area contributed by atoms with Crippen LogP contribution in [0.15, 0.2) is 18.2 Å².